The molecular weight excluding hydrogens is 474 g/mol. The highest BCUT2D eigenvalue weighted by Gasteiger charge is 2.18. The van der Waals surface area contributed by atoms with Crippen LogP contribution in [0.2, 0.25) is 5.02 Å². The van der Waals surface area contributed by atoms with Gasteiger partial charge in [0, 0.05) is 48.4 Å². The van der Waals surface area contributed by atoms with E-state index in [0.29, 0.717) is 48.6 Å². The molecule has 2 N–H and O–H groups in total. The minimum absolute atomic E-state index is 0.562. The second-order valence-electron chi connectivity index (χ2n) is 7.85. The molecule has 1 heterocycles. The van der Waals surface area contributed by atoms with Crippen molar-refractivity contribution in [3.05, 3.63) is 52.2 Å². The first-order valence-electron chi connectivity index (χ1n) is 11.0. The lowest BCUT2D eigenvalue weighted by Gasteiger charge is -2.27. The number of aryl methyl sites for hydroxylation is 1. The van der Waals surface area contributed by atoms with Gasteiger partial charge in [-0.3, -0.25) is 0 Å². The Bertz CT molecular complexity index is 1110. The van der Waals surface area contributed by atoms with Crippen molar-refractivity contribution in [3.8, 4) is 17.2 Å². The van der Waals surface area contributed by atoms with Crippen LogP contribution in [0.5, 0.6) is 17.2 Å². The molecular formula is C25H32ClN3O4S. The highest BCUT2D eigenvalue weighted by atomic mass is 35.5. The first-order valence-corrected chi connectivity index (χ1v) is 11.8. The predicted molar refractivity (Wildman–Crippen MR) is 141 cm³/mol. The van der Waals surface area contributed by atoms with E-state index in [0.717, 1.165) is 33.6 Å². The van der Waals surface area contributed by atoms with Gasteiger partial charge in [-0.2, -0.15) is 0 Å². The van der Waals surface area contributed by atoms with Crippen molar-refractivity contribution in [1.82, 2.24) is 15.2 Å². The molecule has 0 aliphatic carbocycles. The molecule has 0 atom stereocenters. The van der Waals surface area contributed by atoms with Crippen LogP contribution in [0, 0.1) is 6.92 Å². The molecule has 0 radical (unpaired) electrons. The summed E-state index contributed by atoms with van der Waals surface area (Å²) in [6.07, 6.45) is 0.794. The van der Waals surface area contributed by atoms with Gasteiger partial charge in [-0.1, -0.05) is 11.6 Å². The number of ether oxygens (including phenoxy) is 4. The Labute approximate surface area is 211 Å². The normalized spacial score (nSPS) is 10.9. The van der Waals surface area contributed by atoms with Gasteiger partial charge in [0.25, 0.3) is 0 Å². The molecule has 34 heavy (non-hydrogen) atoms. The van der Waals surface area contributed by atoms with Gasteiger partial charge in [-0.25, -0.2) is 0 Å². The molecule has 184 valence electrons. The topological polar surface area (TPSA) is 68.0 Å². The number of nitrogens with one attached hydrogen (secondary N) is 2. The van der Waals surface area contributed by atoms with Gasteiger partial charge >= 0.3 is 0 Å². The number of nitrogens with zero attached hydrogens (tertiary/aromatic N) is 1. The van der Waals surface area contributed by atoms with E-state index < -0.39 is 0 Å². The van der Waals surface area contributed by atoms with Crippen LogP contribution >= 0.6 is 23.8 Å². The van der Waals surface area contributed by atoms with Crippen molar-refractivity contribution in [2.24, 2.45) is 0 Å². The van der Waals surface area contributed by atoms with E-state index in [1.54, 1.807) is 28.4 Å². The third-order valence-electron chi connectivity index (χ3n) is 5.68. The lowest BCUT2D eigenvalue weighted by molar-refractivity contribution is 0.203. The van der Waals surface area contributed by atoms with Crippen LogP contribution < -0.4 is 19.5 Å². The second kappa shape index (κ2) is 12.1. The lowest BCUT2D eigenvalue weighted by atomic mass is 10.1. The zero-order chi connectivity index (χ0) is 24.7. The van der Waals surface area contributed by atoms with Gasteiger partial charge in [0.15, 0.2) is 16.6 Å². The van der Waals surface area contributed by atoms with Crippen molar-refractivity contribution in [1.29, 1.82) is 0 Å². The van der Waals surface area contributed by atoms with Crippen molar-refractivity contribution in [2.75, 3.05) is 48.1 Å². The SMILES string of the molecule is COCCNC(=S)N(CCc1c(C)[nH]c2ccc(Cl)cc12)Cc1cc(OC)c(OC)c(OC)c1. The summed E-state index contributed by atoms with van der Waals surface area (Å²) in [7, 11) is 6.49. The fraction of sp³-hybridized carbons (Fsp3) is 0.400. The Morgan fingerprint density at radius 1 is 1.06 bits per heavy atom. The number of halogens is 1. The average Bonchev–Trinajstić information content (AvgIpc) is 3.14. The number of hydrogen-bond donors (Lipinski definition) is 2. The molecule has 0 spiro atoms. The van der Waals surface area contributed by atoms with E-state index in [9.17, 15) is 0 Å². The van der Waals surface area contributed by atoms with E-state index in [1.165, 1.54) is 5.56 Å². The third-order valence-corrected chi connectivity index (χ3v) is 6.32. The second-order valence-corrected chi connectivity index (χ2v) is 8.67. The minimum Gasteiger partial charge on any atom is -0.493 e. The van der Waals surface area contributed by atoms with Crippen molar-refractivity contribution < 1.29 is 18.9 Å². The summed E-state index contributed by atoms with van der Waals surface area (Å²) in [5.41, 5.74) is 4.42. The zero-order valence-corrected chi connectivity index (χ0v) is 21.9. The lowest BCUT2D eigenvalue weighted by Crippen LogP contribution is -2.41. The van der Waals surface area contributed by atoms with Crippen LogP contribution in [0.4, 0.5) is 0 Å². The third kappa shape index (κ3) is 6.05. The number of rotatable bonds is 11. The molecule has 3 rings (SSSR count). The molecule has 0 amide bonds. The van der Waals surface area contributed by atoms with Crippen molar-refractivity contribution >= 4 is 39.8 Å². The van der Waals surface area contributed by atoms with Crippen LogP contribution in [-0.4, -0.2) is 63.1 Å². The fourth-order valence-electron chi connectivity index (χ4n) is 3.99. The van der Waals surface area contributed by atoms with Gasteiger partial charge in [0.05, 0.1) is 27.9 Å². The molecule has 0 aliphatic rings. The molecule has 2 aromatic carbocycles. The molecule has 0 aliphatic heterocycles. The summed E-state index contributed by atoms with van der Waals surface area (Å²) in [5.74, 6) is 1.78. The van der Waals surface area contributed by atoms with Gasteiger partial charge in [-0.05, 0) is 67.0 Å². The molecule has 0 saturated carbocycles. The number of benzene rings is 2. The summed E-state index contributed by atoms with van der Waals surface area (Å²) in [4.78, 5) is 5.59. The molecule has 0 bridgehead atoms. The van der Waals surface area contributed by atoms with Crippen LogP contribution in [-0.2, 0) is 17.7 Å². The number of fused-ring (bicyclic) bond motifs is 1. The zero-order valence-electron chi connectivity index (χ0n) is 20.3. The van der Waals surface area contributed by atoms with E-state index in [2.05, 4.69) is 22.1 Å². The Kier molecular flexibility index (Phi) is 9.27. The monoisotopic (exact) mass is 505 g/mol. The van der Waals surface area contributed by atoms with Gasteiger partial charge in [-0.15, -0.1) is 0 Å². The summed E-state index contributed by atoms with van der Waals surface area (Å²) in [6, 6.07) is 9.81. The van der Waals surface area contributed by atoms with Crippen LogP contribution in [0.1, 0.15) is 16.8 Å². The Balaban J connectivity index is 1.87. The van der Waals surface area contributed by atoms with Gasteiger partial charge in [0.1, 0.15) is 0 Å². The maximum atomic E-state index is 6.27. The molecule has 9 heteroatoms. The summed E-state index contributed by atoms with van der Waals surface area (Å²) >= 11 is 12.0. The molecule has 0 fully saturated rings. The van der Waals surface area contributed by atoms with E-state index >= 15 is 0 Å². The van der Waals surface area contributed by atoms with Crippen LogP contribution in [0.3, 0.4) is 0 Å². The number of hydrogen-bond acceptors (Lipinski definition) is 5. The number of H-pyrrole nitrogens is 1. The van der Waals surface area contributed by atoms with Crippen molar-refractivity contribution in [2.45, 2.75) is 19.9 Å². The average molecular weight is 506 g/mol. The standard InChI is InChI=1S/C25H32ClN3O4S/c1-16-19(20-14-18(26)6-7-21(20)28-16)8-10-29(25(34)27-9-11-30-2)15-17-12-22(31-3)24(33-5)23(13-17)32-4/h6-7,12-14,28H,8-11,15H2,1-5H3,(H,27,34). The first-order chi connectivity index (χ1) is 16.4. The number of thiocarbonyl (C=S) groups is 1. The summed E-state index contributed by atoms with van der Waals surface area (Å²) in [6.45, 7) is 4.55. The molecule has 0 saturated heterocycles. The first kappa shape index (κ1) is 25.9. The van der Waals surface area contributed by atoms with Gasteiger partial charge < -0.3 is 34.1 Å². The molecule has 1 aromatic heterocycles. The van der Waals surface area contributed by atoms with Gasteiger partial charge in [0.2, 0.25) is 5.75 Å². The fourth-order valence-corrected chi connectivity index (χ4v) is 4.42. The van der Waals surface area contributed by atoms with E-state index in [1.807, 2.05) is 30.3 Å². The van der Waals surface area contributed by atoms with E-state index in [4.69, 9.17) is 42.8 Å². The quantitative estimate of drug-likeness (QED) is 0.288. The molecule has 7 nitrogen and oxygen atoms in total. The van der Waals surface area contributed by atoms with Crippen molar-refractivity contribution in [3.63, 3.8) is 0 Å². The maximum Gasteiger partial charge on any atom is 0.203 e. The number of aromatic nitrogens is 1. The number of methoxy groups -OCH3 is 4. The molecule has 3 aromatic rings. The smallest absolute Gasteiger partial charge is 0.203 e. The Hall–Kier alpha value is -2.68. The van der Waals surface area contributed by atoms with Crippen LogP contribution in [0.25, 0.3) is 10.9 Å². The highest BCUT2D eigenvalue weighted by molar-refractivity contribution is 7.80. The van der Waals surface area contributed by atoms with E-state index in [-0.39, 0.29) is 0 Å². The Morgan fingerprint density at radius 3 is 2.38 bits per heavy atom. The number of aromatic amines is 1. The Morgan fingerprint density at radius 2 is 1.76 bits per heavy atom. The highest BCUT2D eigenvalue weighted by Crippen LogP contribution is 2.38. The van der Waals surface area contributed by atoms with Crippen LogP contribution in [0.15, 0.2) is 30.3 Å². The summed E-state index contributed by atoms with van der Waals surface area (Å²) < 4.78 is 21.7. The molecule has 0 unspecified atom stereocenters. The maximum absolute atomic E-state index is 6.27. The summed E-state index contributed by atoms with van der Waals surface area (Å²) in [5, 5.41) is 5.80. The minimum atomic E-state index is 0.562. The predicted octanol–water partition coefficient (Wildman–Crippen LogP) is 4.72. The largest absolute Gasteiger partial charge is 0.493 e.